The summed E-state index contributed by atoms with van der Waals surface area (Å²) in [5, 5.41) is 15.7. The van der Waals surface area contributed by atoms with Crippen molar-refractivity contribution in [1.82, 2.24) is 10.6 Å². The van der Waals surface area contributed by atoms with Crippen molar-refractivity contribution in [2.75, 3.05) is 6.54 Å². The molecule has 24 heavy (non-hydrogen) atoms. The van der Waals surface area contributed by atoms with E-state index < -0.39 is 24.3 Å². The summed E-state index contributed by atoms with van der Waals surface area (Å²) in [6, 6.07) is 5.51. The van der Waals surface area contributed by atoms with Crippen LogP contribution >= 0.6 is 0 Å². The Labute approximate surface area is 140 Å². The fourth-order valence-corrected chi connectivity index (χ4v) is 3.04. The number of alkyl halides is 2. The molecule has 1 aromatic carbocycles. The fraction of sp³-hybridized carbons (Fsp3) is 0.588. The predicted molar refractivity (Wildman–Crippen MR) is 86.1 cm³/mol. The Bertz CT molecular complexity index is 548. The molecule has 0 spiro atoms. The Morgan fingerprint density at radius 3 is 2.62 bits per heavy atom. The highest BCUT2D eigenvalue weighted by Gasteiger charge is 2.31. The molecule has 0 radical (unpaired) electrons. The highest BCUT2D eigenvalue weighted by Crippen LogP contribution is 2.29. The van der Waals surface area contributed by atoms with E-state index in [-0.39, 0.29) is 12.3 Å². The van der Waals surface area contributed by atoms with E-state index in [0.29, 0.717) is 24.8 Å². The van der Waals surface area contributed by atoms with Crippen LogP contribution in [-0.4, -0.2) is 29.9 Å². The summed E-state index contributed by atoms with van der Waals surface area (Å²) >= 11 is 0. The largest absolute Gasteiger partial charge is 0.434 e. The molecule has 1 fully saturated rings. The first-order valence-electron chi connectivity index (χ1n) is 8.24. The summed E-state index contributed by atoms with van der Waals surface area (Å²) in [5.74, 6) is 0.0501. The maximum Gasteiger partial charge on any atom is 0.387 e. The van der Waals surface area contributed by atoms with Crippen LogP contribution in [0.5, 0.6) is 5.75 Å². The first kappa shape index (κ1) is 18.4. The Morgan fingerprint density at radius 1 is 1.33 bits per heavy atom. The molecule has 0 aromatic heterocycles. The van der Waals surface area contributed by atoms with Crippen LogP contribution in [0.3, 0.4) is 0 Å². The Balaban J connectivity index is 1.97. The summed E-state index contributed by atoms with van der Waals surface area (Å²) in [4.78, 5) is 12.1. The van der Waals surface area contributed by atoms with Crippen molar-refractivity contribution < 1.29 is 23.4 Å². The van der Waals surface area contributed by atoms with E-state index in [1.807, 2.05) is 6.92 Å². The Kier molecular flexibility index (Phi) is 6.36. The van der Waals surface area contributed by atoms with Crippen LogP contribution in [0.15, 0.2) is 24.3 Å². The van der Waals surface area contributed by atoms with Gasteiger partial charge in [0.05, 0.1) is 11.6 Å². The highest BCUT2D eigenvalue weighted by atomic mass is 19.3. The summed E-state index contributed by atoms with van der Waals surface area (Å²) in [5.41, 5.74) is -0.342. The third-order valence-electron chi connectivity index (χ3n) is 4.34. The van der Waals surface area contributed by atoms with Crippen LogP contribution in [0.2, 0.25) is 0 Å². The van der Waals surface area contributed by atoms with Crippen LogP contribution in [0, 0.1) is 0 Å². The number of benzene rings is 1. The van der Waals surface area contributed by atoms with Gasteiger partial charge < -0.3 is 20.5 Å². The highest BCUT2D eigenvalue weighted by molar-refractivity contribution is 5.74. The van der Waals surface area contributed by atoms with Crippen molar-refractivity contribution in [3.63, 3.8) is 0 Å². The molecule has 0 heterocycles. The molecule has 1 saturated carbocycles. The average molecular weight is 342 g/mol. The standard InChI is InChI=1S/C17H24F2N2O3/c1-2-13(12-7-3-4-8-14(12)24-15(18)19)21-16(22)20-11-17(23)9-5-6-10-17/h3-4,7-8,13,15,23H,2,5-6,9-11H2,1H3,(H2,20,21,22). The van der Waals surface area contributed by atoms with Crippen molar-refractivity contribution in [3.8, 4) is 5.75 Å². The minimum absolute atomic E-state index is 0.0501. The number of carbonyl (C=O) groups is 1. The lowest BCUT2D eigenvalue weighted by atomic mass is 10.0. The van der Waals surface area contributed by atoms with E-state index in [2.05, 4.69) is 15.4 Å². The Morgan fingerprint density at radius 2 is 2.00 bits per heavy atom. The van der Waals surface area contributed by atoms with Gasteiger partial charge in [-0.05, 0) is 25.3 Å². The number of para-hydroxylation sites is 1. The van der Waals surface area contributed by atoms with E-state index >= 15 is 0 Å². The third kappa shape index (κ3) is 5.06. The molecule has 1 aliphatic carbocycles. The molecule has 1 aromatic rings. The van der Waals surface area contributed by atoms with Gasteiger partial charge >= 0.3 is 12.6 Å². The molecule has 1 unspecified atom stereocenters. The van der Waals surface area contributed by atoms with Crippen molar-refractivity contribution in [1.29, 1.82) is 0 Å². The molecule has 2 rings (SSSR count). The normalized spacial score (nSPS) is 17.5. The number of aliphatic hydroxyl groups is 1. The van der Waals surface area contributed by atoms with Gasteiger partial charge in [-0.2, -0.15) is 8.78 Å². The van der Waals surface area contributed by atoms with Gasteiger partial charge in [-0.3, -0.25) is 0 Å². The maximum absolute atomic E-state index is 12.5. The summed E-state index contributed by atoms with van der Waals surface area (Å²) < 4.78 is 29.6. The van der Waals surface area contributed by atoms with E-state index in [1.54, 1.807) is 18.2 Å². The summed E-state index contributed by atoms with van der Waals surface area (Å²) in [7, 11) is 0. The number of amides is 2. The van der Waals surface area contributed by atoms with Crippen LogP contribution in [0.25, 0.3) is 0 Å². The van der Waals surface area contributed by atoms with Crippen LogP contribution in [0.1, 0.15) is 50.6 Å². The molecule has 0 saturated heterocycles. The second-order valence-electron chi connectivity index (χ2n) is 6.14. The molecular formula is C17H24F2N2O3. The molecule has 5 nitrogen and oxygen atoms in total. The molecule has 1 aliphatic rings. The zero-order chi connectivity index (χ0) is 17.6. The molecule has 1 atom stereocenters. The van der Waals surface area contributed by atoms with E-state index in [9.17, 15) is 18.7 Å². The quantitative estimate of drug-likeness (QED) is 0.712. The van der Waals surface area contributed by atoms with Crippen LogP contribution in [-0.2, 0) is 0 Å². The van der Waals surface area contributed by atoms with Crippen molar-refractivity contribution in [2.24, 2.45) is 0 Å². The first-order chi connectivity index (χ1) is 11.4. The zero-order valence-corrected chi connectivity index (χ0v) is 13.7. The van der Waals surface area contributed by atoms with Crippen molar-refractivity contribution in [3.05, 3.63) is 29.8 Å². The molecule has 7 heteroatoms. The molecule has 3 N–H and O–H groups in total. The number of carbonyl (C=O) groups excluding carboxylic acids is 1. The zero-order valence-electron chi connectivity index (χ0n) is 13.7. The number of rotatable bonds is 7. The predicted octanol–water partition coefficient (Wildman–Crippen LogP) is 3.34. The SMILES string of the molecule is CCC(NC(=O)NCC1(O)CCCC1)c1ccccc1OC(F)F. The van der Waals surface area contributed by atoms with Gasteiger partial charge in [-0.25, -0.2) is 4.79 Å². The van der Waals surface area contributed by atoms with Gasteiger partial charge in [0.25, 0.3) is 0 Å². The lowest BCUT2D eigenvalue weighted by Crippen LogP contribution is -2.45. The van der Waals surface area contributed by atoms with E-state index in [1.165, 1.54) is 6.07 Å². The molecule has 2 amide bonds. The van der Waals surface area contributed by atoms with Gasteiger partial charge in [0.2, 0.25) is 0 Å². The van der Waals surface area contributed by atoms with E-state index in [0.717, 1.165) is 12.8 Å². The number of ether oxygens (including phenoxy) is 1. The van der Waals surface area contributed by atoms with Gasteiger partial charge in [-0.15, -0.1) is 0 Å². The van der Waals surface area contributed by atoms with Crippen molar-refractivity contribution in [2.45, 2.75) is 57.3 Å². The number of urea groups is 1. The number of hydrogen-bond donors (Lipinski definition) is 3. The van der Waals surface area contributed by atoms with Crippen LogP contribution < -0.4 is 15.4 Å². The summed E-state index contributed by atoms with van der Waals surface area (Å²) in [6.07, 6.45) is 3.78. The van der Waals surface area contributed by atoms with Gasteiger partial charge in [0.15, 0.2) is 0 Å². The molecule has 0 bridgehead atoms. The Hall–Kier alpha value is -1.89. The van der Waals surface area contributed by atoms with Gasteiger partial charge in [-0.1, -0.05) is 38.0 Å². The van der Waals surface area contributed by atoms with E-state index in [4.69, 9.17) is 0 Å². The third-order valence-corrected chi connectivity index (χ3v) is 4.34. The second-order valence-corrected chi connectivity index (χ2v) is 6.14. The van der Waals surface area contributed by atoms with Crippen molar-refractivity contribution >= 4 is 6.03 Å². The first-order valence-corrected chi connectivity index (χ1v) is 8.24. The number of hydrogen-bond acceptors (Lipinski definition) is 3. The smallest absolute Gasteiger partial charge is 0.387 e. The monoisotopic (exact) mass is 342 g/mol. The lowest BCUT2D eigenvalue weighted by Gasteiger charge is -2.24. The lowest BCUT2D eigenvalue weighted by molar-refractivity contribution is -0.0507. The minimum Gasteiger partial charge on any atom is -0.434 e. The molecule has 134 valence electrons. The number of halogens is 2. The average Bonchev–Trinajstić information content (AvgIpc) is 2.98. The number of nitrogens with one attached hydrogen (secondary N) is 2. The van der Waals surface area contributed by atoms with Gasteiger partial charge in [0, 0.05) is 12.1 Å². The maximum atomic E-state index is 12.5. The topological polar surface area (TPSA) is 70.6 Å². The molecule has 0 aliphatic heterocycles. The van der Waals surface area contributed by atoms with Gasteiger partial charge in [0.1, 0.15) is 5.75 Å². The molecular weight excluding hydrogens is 318 g/mol. The minimum atomic E-state index is -2.92. The second kappa shape index (κ2) is 8.28. The summed E-state index contributed by atoms with van der Waals surface area (Å²) in [6.45, 7) is -0.895. The fourth-order valence-electron chi connectivity index (χ4n) is 3.04. The van der Waals surface area contributed by atoms with Crippen LogP contribution in [0.4, 0.5) is 13.6 Å².